The highest BCUT2D eigenvalue weighted by atomic mass is 16.5. The maximum absolute atomic E-state index is 5.15. The molecule has 0 bridgehead atoms. The molecule has 0 atom stereocenters. The van der Waals surface area contributed by atoms with Gasteiger partial charge < -0.3 is 10.1 Å². The minimum atomic E-state index is 0.725. The maximum atomic E-state index is 5.15. The van der Waals surface area contributed by atoms with E-state index in [0.717, 1.165) is 29.5 Å². The number of anilines is 1. The van der Waals surface area contributed by atoms with E-state index in [1.165, 1.54) is 5.56 Å². The Hall–Kier alpha value is -2.56. The quantitative estimate of drug-likeness (QED) is 0.790. The highest BCUT2D eigenvalue weighted by Crippen LogP contribution is 2.15. The molecule has 0 fully saturated rings. The van der Waals surface area contributed by atoms with Crippen molar-refractivity contribution in [2.24, 2.45) is 0 Å². The standard InChI is InChI=1S/C15H16N4O/c1-11-9-15(19-14(18-11)7-8-17-19)16-10-12-3-5-13(20-2)6-4-12/h3-9,16H,10H2,1-2H3. The topological polar surface area (TPSA) is 51.5 Å². The predicted octanol–water partition coefficient (Wildman–Crippen LogP) is 2.66. The SMILES string of the molecule is COc1ccc(CNc2cc(C)nc3ccnn23)cc1. The summed E-state index contributed by atoms with van der Waals surface area (Å²) < 4.78 is 6.95. The lowest BCUT2D eigenvalue weighted by Crippen LogP contribution is -2.06. The van der Waals surface area contributed by atoms with Crippen molar-refractivity contribution in [1.29, 1.82) is 0 Å². The zero-order valence-corrected chi connectivity index (χ0v) is 11.5. The van der Waals surface area contributed by atoms with Crippen molar-refractivity contribution in [3.63, 3.8) is 0 Å². The van der Waals surface area contributed by atoms with E-state index in [1.807, 2.05) is 43.3 Å². The Labute approximate surface area is 117 Å². The third kappa shape index (κ3) is 2.42. The number of nitrogens with one attached hydrogen (secondary N) is 1. The van der Waals surface area contributed by atoms with E-state index in [4.69, 9.17) is 4.74 Å². The second-order valence-corrected chi connectivity index (χ2v) is 4.59. The molecule has 2 aromatic heterocycles. The van der Waals surface area contributed by atoms with Crippen LogP contribution in [0, 0.1) is 6.92 Å². The molecule has 1 aromatic carbocycles. The molecule has 5 nitrogen and oxygen atoms in total. The first kappa shape index (κ1) is 12.5. The van der Waals surface area contributed by atoms with Crippen LogP contribution in [0.4, 0.5) is 5.82 Å². The molecule has 102 valence electrons. The van der Waals surface area contributed by atoms with Crippen LogP contribution in [0.25, 0.3) is 5.65 Å². The van der Waals surface area contributed by atoms with Crippen LogP contribution >= 0.6 is 0 Å². The van der Waals surface area contributed by atoms with E-state index in [2.05, 4.69) is 15.4 Å². The number of hydrogen-bond donors (Lipinski definition) is 1. The molecule has 0 saturated carbocycles. The van der Waals surface area contributed by atoms with Crippen LogP contribution in [0.1, 0.15) is 11.3 Å². The van der Waals surface area contributed by atoms with Gasteiger partial charge in [-0.05, 0) is 24.6 Å². The van der Waals surface area contributed by atoms with E-state index in [9.17, 15) is 0 Å². The van der Waals surface area contributed by atoms with Crippen LogP contribution in [0.15, 0.2) is 42.6 Å². The lowest BCUT2D eigenvalue weighted by Gasteiger charge is -2.09. The van der Waals surface area contributed by atoms with Gasteiger partial charge >= 0.3 is 0 Å². The van der Waals surface area contributed by atoms with Crippen LogP contribution in [0.3, 0.4) is 0 Å². The lowest BCUT2D eigenvalue weighted by molar-refractivity contribution is 0.414. The van der Waals surface area contributed by atoms with Crippen LogP contribution in [0.5, 0.6) is 5.75 Å². The molecular weight excluding hydrogens is 252 g/mol. The molecule has 5 heteroatoms. The summed E-state index contributed by atoms with van der Waals surface area (Å²) in [6.45, 7) is 2.70. The molecule has 20 heavy (non-hydrogen) atoms. The number of hydrogen-bond acceptors (Lipinski definition) is 4. The summed E-state index contributed by atoms with van der Waals surface area (Å²) in [6, 6.07) is 11.9. The fraction of sp³-hybridized carbons (Fsp3) is 0.200. The lowest BCUT2D eigenvalue weighted by atomic mass is 10.2. The van der Waals surface area contributed by atoms with Gasteiger partial charge in [0.25, 0.3) is 0 Å². The van der Waals surface area contributed by atoms with Crippen molar-refractivity contribution in [3.8, 4) is 5.75 Å². The Bertz CT molecular complexity index is 718. The summed E-state index contributed by atoms with van der Waals surface area (Å²) in [4.78, 5) is 4.42. The van der Waals surface area contributed by atoms with Crippen molar-refractivity contribution in [2.45, 2.75) is 13.5 Å². The second kappa shape index (κ2) is 5.21. The zero-order chi connectivity index (χ0) is 13.9. The molecule has 0 radical (unpaired) electrons. The van der Waals surface area contributed by atoms with Gasteiger partial charge in [0.2, 0.25) is 0 Å². The Morgan fingerprint density at radius 3 is 2.75 bits per heavy atom. The van der Waals surface area contributed by atoms with Gasteiger partial charge in [0.1, 0.15) is 11.6 Å². The predicted molar refractivity (Wildman–Crippen MR) is 78.0 cm³/mol. The molecule has 0 aliphatic rings. The van der Waals surface area contributed by atoms with E-state index in [0.29, 0.717) is 0 Å². The molecule has 0 unspecified atom stereocenters. The number of benzene rings is 1. The molecule has 0 spiro atoms. The molecular formula is C15H16N4O. The molecule has 0 aliphatic carbocycles. The van der Waals surface area contributed by atoms with Crippen LogP contribution in [0.2, 0.25) is 0 Å². The van der Waals surface area contributed by atoms with Gasteiger partial charge in [-0.2, -0.15) is 9.61 Å². The Morgan fingerprint density at radius 1 is 1.20 bits per heavy atom. The highest BCUT2D eigenvalue weighted by Gasteiger charge is 2.04. The highest BCUT2D eigenvalue weighted by molar-refractivity contribution is 5.49. The third-order valence-electron chi connectivity index (χ3n) is 3.12. The molecule has 2 heterocycles. The van der Waals surface area contributed by atoms with E-state index in [1.54, 1.807) is 17.8 Å². The average molecular weight is 268 g/mol. The zero-order valence-electron chi connectivity index (χ0n) is 11.5. The van der Waals surface area contributed by atoms with Gasteiger partial charge in [-0.1, -0.05) is 12.1 Å². The molecule has 1 N–H and O–H groups in total. The number of aromatic nitrogens is 3. The van der Waals surface area contributed by atoms with Gasteiger partial charge in [0.05, 0.1) is 13.3 Å². The van der Waals surface area contributed by atoms with Gasteiger partial charge in [0.15, 0.2) is 5.65 Å². The molecule has 3 aromatic rings. The van der Waals surface area contributed by atoms with Crippen molar-refractivity contribution in [3.05, 3.63) is 53.9 Å². The summed E-state index contributed by atoms with van der Waals surface area (Å²) in [5, 5.41) is 7.66. The van der Waals surface area contributed by atoms with E-state index in [-0.39, 0.29) is 0 Å². The summed E-state index contributed by atoms with van der Waals surface area (Å²) in [7, 11) is 1.67. The minimum absolute atomic E-state index is 0.725. The summed E-state index contributed by atoms with van der Waals surface area (Å²) in [5.41, 5.74) is 3.00. The monoisotopic (exact) mass is 268 g/mol. The normalized spacial score (nSPS) is 10.7. The summed E-state index contributed by atoms with van der Waals surface area (Å²) >= 11 is 0. The van der Waals surface area contributed by atoms with Crippen LogP contribution < -0.4 is 10.1 Å². The van der Waals surface area contributed by atoms with Crippen molar-refractivity contribution >= 4 is 11.5 Å². The first-order valence-electron chi connectivity index (χ1n) is 6.44. The van der Waals surface area contributed by atoms with E-state index < -0.39 is 0 Å². The maximum Gasteiger partial charge on any atom is 0.157 e. The molecule has 0 saturated heterocycles. The second-order valence-electron chi connectivity index (χ2n) is 4.59. The van der Waals surface area contributed by atoms with Crippen molar-refractivity contribution in [1.82, 2.24) is 14.6 Å². The number of ether oxygens (including phenoxy) is 1. The van der Waals surface area contributed by atoms with Gasteiger partial charge in [-0.3, -0.25) is 0 Å². The van der Waals surface area contributed by atoms with Gasteiger partial charge in [-0.15, -0.1) is 0 Å². The largest absolute Gasteiger partial charge is 0.497 e. The number of aryl methyl sites for hydroxylation is 1. The first-order valence-corrected chi connectivity index (χ1v) is 6.44. The van der Waals surface area contributed by atoms with Crippen molar-refractivity contribution in [2.75, 3.05) is 12.4 Å². The number of rotatable bonds is 4. The fourth-order valence-electron chi connectivity index (χ4n) is 2.10. The smallest absolute Gasteiger partial charge is 0.157 e. The van der Waals surface area contributed by atoms with Crippen LogP contribution in [-0.4, -0.2) is 21.7 Å². The average Bonchev–Trinajstić information content (AvgIpc) is 2.93. The molecule has 0 amide bonds. The third-order valence-corrected chi connectivity index (χ3v) is 3.12. The fourth-order valence-corrected chi connectivity index (χ4v) is 2.10. The van der Waals surface area contributed by atoms with Crippen molar-refractivity contribution < 1.29 is 4.74 Å². The van der Waals surface area contributed by atoms with Crippen LogP contribution in [-0.2, 0) is 6.54 Å². The summed E-state index contributed by atoms with van der Waals surface area (Å²) in [5.74, 6) is 1.80. The first-order chi connectivity index (χ1) is 9.76. The van der Waals surface area contributed by atoms with E-state index >= 15 is 0 Å². The van der Waals surface area contributed by atoms with Gasteiger partial charge in [-0.25, -0.2) is 4.98 Å². The number of nitrogens with zero attached hydrogens (tertiary/aromatic N) is 3. The molecule has 0 aliphatic heterocycles. The molecule has 3 rings (SSSR count). The Balaban J connectivity index is 1.80. The minimum Gasteiger partial charge on any atom is -0.497 e. The Kier molecular flexibility index (Phi) is 3.25. The number of methoxy groups -OCH3 is 1. The number of fused-ring (bicyclic) bond motifs is 1. The van der Waals surface area contributed by atoms with Gasteiger partial charge in [0, 0.05) is 24.4 Å². The summed E-state index contributed by atoms with van der Waals surface area (Å²) in [6.07, 6.45) is 1.75. The Morgan fingerprint density at radius 2 is 2.00 bits per heavy atom.